The smallest absolute Gasteiger partial charge is 0.317 e. The van der Waals surface area contributed by atoms with Crippen LogP contribution in [0.4, 0.5) is 4.79 Å². The molecule has 0 radical (unpaired) electrons. The van der Waals surface area contributed by atoms with Crippen LogP contribution in [-0.4, -0.2) is 36.7 Å². The molecule has 1 saturated heterocycles. The molecule has 0 saturated carbocycles. The van der Waals surface area contributed by atoms with Gasteiger partial charge in [-0.05, 0) is 43.3 Å². The van der Waals surface area contributed by atoms with Gasteiger partial charge in [0, 0.05) is 43.4 Å². The molecule has 0 aliphatic carbocycles. The van der Waals surface area contributed by atoms with Gasteiger partial charge in [0.15, 0.2) is 0 Å². The lowest BCUT2D eigenvalue weighted by Gasteiger charge is -2.32. The van der Waals surface area contributed by atoms with Crippen molar-refractivity contribution < 1.29 is 13.9 Å². The zero-order valence-corrected chi connectivity index (χ0v) is 15.5. The van der Waals surface area contributed by atoms with Gasteiger partial charge < -0.3 is 19.4 Å². The standard InChI is InChI=1S/C22H24N2O3/c1-2-23-22(25)24-13-11-19(12-14-24)26-18-9-7-16(8-10-18)21-15-17-5-3-4-6-20(17)27-21/h3-10,15,19H,2,11-14H2,1H3,(H,23,25). The SMILES string of the molecule is CCNC(=O)N1CCC(Oc2ccc(-c3cc4ccccc4o3)cc2)CC1. The number of benzene rings is 2. The number of ether oxygens (including phenoxy) is 1. The Morgan fingerprint density at radius 1 is 1.15 bits per heavy atom. The first-order chi connectivity index (χ1) is 13.2. The summed E-state index contributed by atoms with van der Waals surface area (Å²) in [5.74, 6) is 1.71. The van der Waals surface area contributed by atoms with Crippen molar-refractivity contribution in [2.45, 2.75) is 25.9 Å². The van der Waals surface area contributed by atoms with Gasteiger partial charge in [0.1, 0.15) is 23.2 Å². The highest BCUT2D eigenvalue weighted by atomic mass is 16.5. The average Bonchev–Trinajstić information content (AvgIpc) is 3.13. The molecule has 1 N–H and O–H groups in total. The quantitative estimate of drug-likeness (QED) is 0.732. The summed E-state index contributed by atoms with van der Waals surface area (Å²) in [5.41, 5.74) is 1.93. The Labute approximate surface area is 158 Å². The Morgan fingerprint density at radius 2 is 1.89 bits per heavy atom. The largest absolute Gasteiger partial charge is 0.490 e. The summed E-state index contributed by atoms with van der Waals surface area (Å²) in [6.07, 6.45) is 1.85. The first kappa shape index (κ1) is 17.5. The number of nitrogens with zero attached hydrogens (tertiary/aromatic N) is 1. The van der Waals surface area contributed by atoms with Crippen molar-refractivity contribution >= 4 is 17.0 Å². The maximum Gasteiger partial charge on any atom is 0.317 e. The molecule has 0 spiro atoms. The van der Waals surface area contributed by atoms with Gasteiger partial charge >= 0.3 is 6.03 Å². The number of hydrogen-bond donors (Lipinski definition) is 1. The van der Waals surface area contributed by atoms with Crippen molar-refractivity contribution in [2.24, 2.45) is 0 Å². The molecule has 1 aliphatic rings. The van der Waals surface area contributed by atoms with E-state index in [1.807, 2.05) is 60.4 Å². The van der Waals surface area contributed by atoms with E-state index >= 15 is 0 Å². The topological polar surface area (TPSA) is 54.7 Å². The minimum absolute atomic E-state index is 0.0196. The third kappa shape index (κ3) is 3.92. The molecule has 5 nitrogen and oxygen atoms in total. The fraction of sp³-hybridized carbons (Fsp3) is 0.318. The maximum absolute atomic E-state index is 11.9. The molecule has 2 heterocycles. The highest BCUT2D eigenvalue weighted by molar-refractivity contribution is 5.82. The van der Waals surface area contributed by atoms with Crippen LogP contribution in [0.2, 0.25) is 0 Å². The van der Waals surface area contributed by atoms with Crippen molar-refractivity contribution in [3.8, 4) is 17.1 Å². The normalized spacial score (nSPS) is 15.1. The molecule has 27 heavy (non-hydrogen) atoms. The van der Waals surface area contributed by atoms with Crippen LogP contribution >= 0.6 is 0 Å². The van der Waals surface area contributed by atoms with E-state index in [9.17, 15) is 4.79 Å². The second kappa shape index (κ2) is 7.74. The molecule has 1 aromatic heterocycles. The number of amides is 2. The average molecular weight is 364 g/mol. The van der Waals surface area contributed by atoms with Gasteiger partial charge in [0.2, 0.25) is 0 Å². The van der Waals surface area contributed by atoms with Crippen LogP contribution in [0.25, 0.3) is 22.3 Å². The van der Waals surface area contributed by atoms with Gasteiger partial charge in [0.05, 0.1) is 0 Å². The summed E-state index contributed by atoms with van der Waals surface area (Å²) in [5, 5.41) is 3.95. The minimum Gasteiger partial charge on any atom is -0.490 e. The van der Waals surface area contributed by atoms with E-state index in [1.165, 1.54) is 0 Å². The Balaban J connectivity index is 1.36. The van der Waals surface area contributed by atoms with Crippen molar-refractivity contribution in [3.05, 3.63) is 54.6 Å². The number of nitrogens with one attached hydrogen (secondary N) is 1. The third-order valence-electron chi connectivity index (χ3n) is 4.92. The second-order valence-electron chi connectivity index (χ2n) is 6.81. The highest BCUT2D eigenvalue weighted by Gasteiger charge is 2.23. The lowest BCUT2D eigenvalue weighted by atomic mass is 10.1. The third-order valence-corrected chi connectivity index (χ3v) is 4.92. The van der Waals surface area contributed by atoms with E-state index < -0.39 is 0 Å². The molecule has 4 rings (SSSR count). The number of carbonyl (C=O) groups is 1. The van der Waals surface area contributed by atoms with Crippen LogP contribution in [0.5, 0.6) is 5.75 Å². The van der Waals surface area contributed by atoms with E-state index in [1.54, 1.807) is 0 Å². The zero-order chi connectivity index (χ0) is 18.6. The predicted octanol–water partition coefficient (Wildman–Crippen LogP) is 4.67. The van der Waals surface area contributed by atoms with Gasteiger partial charge in [-0.15, -0.1) is 0 Å². The van der Waals surface area contributed by atoms with Gasteiger partial charge in [-0.2, -0.15) is 0 Å². The van der Waals surface area contributed by atoms with Crippen LogP contribution in [0.15, 0.2) is 59.0 Å². The first-order valence-corrected chi connectivity index (χ1v) is 9.51. The van der Waals surface area contributed by atoms with Crippen LogP contribution in [-0.2, 0) is 0 Å². The molecule has 0 bridgehead atoms. The lowest BCUT2D eigenvalue weighted by Crippen LogP contribution is -2.46. The molecule has 0 unspecified atom stereocenters. The maximum atomic E-state index is 11.9. The van der Waals surface area contributed by atoms with Crippen LogP contribution in [0.3, 0.4) is 0 Å². The summed E-state index contributed by atoms with van der Waals surface area (Å²) >= 11 is 0. The predicted molar refractivity (Wildman–Crippen MR) is 106 cm³/mol. The summed E-state index contributed by atoms with van der Waals surface area (Å²) < 4.78 is 12.0. The summed E-state index contributed by atoms with van der Waals surface area (Å²) in [6.45, 7) is 4.05. The number of fused-ring (bicyclic) bond motifs is 1. The number of hydrogen-bond acceptors (Lipinski definition) is 3. The second-order valence-corrected chi connectivity index (χ2v) is 6.81. The van der Waals surface area contributed by atoms with Crippen LogP contribution in [0.1, 0.15) is 19.8 Å². The van der Waals surface area contributed by atoms with Gasteiger partial charge in [-0.1, -0.05) is 18.2 Å². The molecule has 0 atom stereocenters. The molecule has 5 heteroatoms. The molecular formula is C22H24N2O3. The van der Waals surface area contributed by atoms with Crippen LogP contribution < -0.4 is 10.1 Å². The van der Waals surface area contributed by atoms with Crippen molar-refractivity contribution in [3.63, 3.8) is 0 Å². The molecule has 1 fully saturated rings. The fourth-order valence-corrected chi connectivity index (χ4v) is 3.45. The van der Waals surface area contributed by atoms with Gasteiger partial charge in [-0.3, -0.25) is 0 Å². The minimum atomic E-state index is 0.0196. The molecule has 140 valence electrons. The monoisotopic (exact) mass is 364 g/mol. The summed E-state index contributed by atoms with van der Waals surface area (Å²) in [4.78, 5) is 13.7. The Kier molecular flexibility index (Phi) is 5.01. The van der Waals surface area contributed by atoms with E-state index in [4.69, 9.17) is 9.15 Å². The summed E-state index contributed by atoms with van der Waals surface area (Å²) in [6, 6.07) is 18.1. The number of rotatable bonds is 4. The van der Waals surface area contributed by atoms with E-state index in [0.717, 1.165) is 54.0 Å². The number of furan rings is 1. The highest BCUT2D eigenvalue weighted by Crippen LogP contribution is 2.29. The fourth-order valence-electron chi connectivity index (χ4n) is 3.45. The van der Waals surface area contributed by atoms with E-state index in [-0.39, 0.29) is 12.1 Å². The number of urea groups is 1. The van der Waals surface area contributed by atoms with Crippen molar-refractivity contribution in [1.29, 1.82) is 0 Å². The van der Waals surface area contributed by atoms with Crippen molar-refractivity contribution in [2.75, 3.05) is 19.6 Å². The Hall–Kier alpha value is -2.95. The Bertz CT molecular complexity index is 876. The molecular weight excluding hydrogens is 340 g/mol. The Morgan fingerprint density at radius 3 is 2.59 bits per heavy atom. The number of para-hydroxylation sites is 1. The zero-order valence-electron chi connectivity index (χ0n) is 15.5. The molecule has 2 amide bonds. The number of likely N-dealkylation sites (tertiary alicyclic amines) is 1. The molecule has 3 aromatic rings. The van der Waals surface area contributed by atoms with Crippen molar-refractivity contribution in [1.82, 2.24) is 10.2 Å². The van der Waals surface area contributed by atoms with E-state index in [2.05, 4.69) is 11.4 Å². The van der Waals surface area contributed by atoms with Gasteiger partial charge in [-0.25, -0.2) is 4.79 Å². The van der Waals surface area contributed by atoms with Crippen LogP contribution in [0, 0.1) is 0 Å². The first-order valence-electron chi connectivity index (χ1n) is 9.51. The molecule has 1 aliphatic heterocycles. The number of piperidine rings is 1. The molecule has 2 aromatic carbocycles. The number of carbonyl (C=O) groups excluding carboxylic acids is 1. The van der Waals surface area contributed by atoms with E-state index in [0.29, 0.717) is 6.54 Å². The van der Waals surface area contributed by atoms with Gasteiger partial charge in [0.25, 0.3) is 0 Å². The summed E-state index contributed by atoms with van der Waals surface area (Å²) in [7, 11) is 0. The lowest BCUT2D eigenvalue weighted by molar-refractivity contribution is 0.111.